The van der Waals surface area contributed by atoms with Crippen LogP contribution in [-0.2, 0) is 0 Å². The van der Waals surface area contributed by atoms with Crippen LogP contribution in [0.3, 0.4) is 0 Å². The molecular weight excluding hydrogens is 1380 g/mol. The molecule has 19 aromatic rings. The first-order valence-corrected chi connectivity index (χ1v) is 38.6. The molecule has 19 rings (SSSR count). The number of hydrogen-bond acceptors (Lipinski definition) is 5. The molecule has 5 nitrogen and oxygen atoms in total. The van der Waals surface area contributed by atoms with Gasteiger partial charge in [0.2, 0.25) is 0 Å². The fourth-order valence-electron chi connectivity index (χ4n) is 14.8. The lowest BCUT2D eigenvalue weighted by molar-refractivity contribution is 1.29. The second kappa shape index (κ2) is 33.0. The highest BCUT2D eigenvalue weighted by Crippen LogP contribution is 2.42. The highest BCUT2D eigenvalue weighted by molar-refractivity contribution is 5.88. The van der Waals surface area contributed by atoms with E-state index in [0.717, 1.165) is 168 Å². The van der Waals surface area contributed by atoms with E-state index in [-0.39, 0.29) is 0 Å². The van der Waals surface area contributed by atoms with E-state index in [2.05, 4.69) is 413 Å². The number of nitrogens with zero attached hydrogens (tertiary/aromatic N) is 5. The Hall–Kier alpha value is -15.2. The lowest BCUT2D eigenvalue weighted by Gasteiger charge is -2.16. The summed E-state index contributed by atoms with van der Waals surface area (Å²) >= 11 is 0. The predicted molar refractivity (Wildman–Crippen MR) is 474 cm³/mol. The monoisotopic (exact) mass is 1450 g/mol. The zero-order chi connectivity index (χ0) is 76.2. The first-order chi connectivity index (χ1) is 56.4. The Morgan fingerprint density at radius 3 is 0.404 bits per heavy atom. The SMILES string of the molecule is c1ccc(-c2cc(-c3ccccc3)nc(-c3cc(-c4cc(-c5ccccc5)cc(-c5ccccc5)n4)cc(-c4cc(-c5ccccc5)cc(-c5ccccc5)n4)c3)c2)cc1.c1ccc(-c2ccc(-c3cc(-c4cccc(-c5cc(-c6ccccc6)nc(-c6ccc(-c7ccccc7)cc6)c5)c4)cc(-c4ccccc4)n3)cc2)cc1. The van der Waals surface area contributed by atoms with Crippen LogP contribution in [0.2, 0.25) is 0 Å². The summed E-state index contributed by atoms with van der Waals surface area (Å²) in [6.45, 7) is 0. The molecule has 5 aromatic heterocycles. The van der Waals surface area contributed by atoms with Gasteiger partial charge in [0.1, 0.15) is 0 Å². The van der Waals surface area contributed by atoms with Crippen molar-refractivity contribution in [2.45, 2.75) is 0 Å². The number of hydrogen-bond donors (Lipinski definition) is 0. The maximum atomic E-state index is 5.39. The molecule has 0 aliphatic rings. The third kappa shape index (κ3) is 16.1. The van der Waals surface area contributed by atoms with Gasteiger partial charge in [-0.25, -0.2) is 24.9 Å². The van der Waals surface area contributed by atoms with Crippen molar-refractivity contribution in [1.29, 1.82) is 0 Å². The van der Waals surface area contributed by atoms with E-state index in [0.29, 0.717) is 0 Å². The van der Waals surface area contributed by atoms with Crippen LogP contribution in [0.4, 0.5) is 0 Å². The Labute approximate surface area is 666 Å². The average Bonchev–Trinajstić information content (AvgIpc) is 1.73. The van der Waals surface area contributed by atoms with Gasteiger partial charge in [0.05, 0.1) is 56.9 Å². The summed E-state index contributed by atoms with van der Waals surface area (Å²) in [6, 6.07) is 160. The van der Waals surface area contributed by atoms with Crippen molar-refractivity contribution in [3.05, 3.63) is 455 Å². The minimum absolute atomic E-state index is 0.864. The van der Waals surface area contributed by atoms with E-state index >= 15 is 0 Å². The molecule has 5 heterocycles. The normalized spacial score (nSPS) is 11.0. The Morgan fingerprint density at radius 2 is 0.202 bits per heavy atom. The standard InChI is InChI=1S/C57H39N3.C52H36N2/c1-7-19-40(20-8-1)46-34-52(43-25-13-4-14-26-43)58-55(37-46)49-31-50(56-38-47(41-21-9-2-10-22-41)35-53(59-56)44-27-15-5-16-28-44)33-51(32-49)57-39-48(42-23-11-3-12-24-42)36-54(60-57)45-29-17-6-18-30-45;1-5-14-37(15-6-1)39-24-28-43(29-25-39)51-35-47(33-49(53-51)41-18-9-3-10-19-41)45-22-13-23-46(32-45)48-34-50(42-20-11-4-12-21-42)54-52(36-48)44-30-26-40(27-31-44)38-16-7-2-8-17-38/h1-39H;1-36H. The van der Waals surface area contributed by atoms with Crippen molar-refractivity contribution in [1.82, 2.24) is 24.9 Å². The molecule has 0 unspecified atom stereocenters. The molecule has 5 heteroatoms. The van der Waals surface area contributed by atoms with Crippen LogP contribution in [0.15, 0.2) is 455 Å². The molecule has 0 atom stereocenters. The Morgan fingerprint density at radius 1 is 0.0789 bits per heavy atom. The largest absolute Gasteiger partial charge is 0.248 e. The molecule has 0 aliphatic heterocycles. The Bertz CT molecular complexity index is 5790. The molecule has 114 heavy (non-hydrogen) atoms. The van der Waals surface area contributed by atoms with E-state index in [1.165, 1.54) is 22.3 Å². The number of rotatable bonds is 17. The first-order valence-electron chi connectivity index (χ1n) is 38.6. The fourth-order valence-corrected chi connectivity index (χ4v) is 14.8. The van der Waals surface area contributed by atoms with Crippen molar-refractivity contribution in [3.8, 4) is 190 Å². The average molecular weight is 1450 g/mol. The second-order valence-electron chi connectivity index (χ2n) is 28.3. The third-order valence-corrected chi connectivity index (χ3v) is 20.7. The zero-order valence-electron chi connectivity index (χ0n) is 62.5. The minimum atomic E-state index is 0.864. The third-order valence-electron chi connectivity index (χ3n) is 20.7. The summed E-state index contributed by atoms with van der Waals surface area (Å²) in [5, 5.41) is 0. The van der Waals surface area contributed by atoms with E-state index in [9.17, 15) is 0 Å². The maximum absolute atomic E-state index is 5.39. The van der Waals surface area contributed by atoms with E-state index in [1.54, 1.807) is 0 Å². The summed E-state index contributed by atoms with van der Waals surface area (Å²) in [5.74, 6) is 0. The van der Waals surface area contributed by atoms with E-state index < -0.39 is 0 Å². The van der Waals surface area contributed by atoms with Crippen LogP contribution in [0.5, 0.6) is 0 Å². The van der Waals surface area contributed by atoms with E-state index in [4.69, 9.17) is 24.9 Å². The van der Waals surface area contributed by atoms with Gasteiger partial charge in [0, 0.05) is 55.6 Å². The lowest BCUT2D eigenvalue weighted by Crippen LogP contribution is -1.96. The topological polar surface area (TPSA) is 64.5 Å². The highest BCUT2D eigenvalue weighted by atomic mass is 14.7. The quantitative estimate of drug-likeness (QED) is 0.0909. The molecule has 0 amide bonds. The fraction of sp³-hybridized carbons (Fsp3) is 0. The second-order valence-corrected chi connectivity index (χ2v) is 28.3. The molecule has 0 saturated carbocycles. The predicted octanol–water partition coefficient (Wildman–Crippen LogP) is 28.7. The smallest absolute Gasteiger partial charge is 0.0716 e. The minimum Gasteiger partial charge on any atom is -0.248 e. The summed E-state index contributed by atoms with van der Waals surface area (Å²) in [5.41, 5.74) is 35.4. The summed E-state index contributed by atoms with van der Waals surface area (Å²) < 4.78 is 0. The van der Waals surface area contributed by atoms with Crippen LogP contribution in [0.25, 0.3) is 190 Å². The van der Waals surface area contributed by atoms with Gasteiger partial charge in [-0.05, 0) is 163 Å². The van der Waals surface area contributed by atoms with Gasteiger partial charge in [-0.15, -0.1) is 0 Å². The molecule has 536 valence electrons. The molecule has 0 aliphatic carbocycles. The van der Waals surface area contributed by atoms with Crippen molar-refractivity contribution in [3.63, 3.8) is 0 Å². The lowest BCUT2D eigenvalue weighted by atomic mass is 9.94. The van der Waals surface area contributed by atoms with Gasteiger partial charge >= 0.3 is 0 Å². The van der Waals surface area contributed by atoms with Crippen molar-refractivity contribution < 1.29 is 0 Å². The Kier molecular flexibility index (Phi) is 20.4. The summed E-state index contributed by atoms with van der Waals surface area (Å²) in [4.78, 5) is 26.5. The van der Waals surface area contributed by atoms with Crippen molar-refractivity contribution in [2.24, 2.45) is 0 Å². The van der Waals surface area contributed by atoms with Gasteiger partial charge in [-0.1, -0.05) is 370 Å². The van der Waals surface area contributed by atoms with Crippen LogP contribution in [0, 0.1) is 0 Å². The van der Waals surface area contributed by atoms with Crippen molar-refractivity contribution in [2.75, 3.05) is 0 Å². The molecule has 0 fully saturated rings. The molecule has 0 spiro atoms. The van der Waals surface area contributed by atoms with Gasteiger partial charge in [0.15, 0.2) is 0 Å². The summed E-state index contributed by atoms with van der Waals surface area (Å²) in [6.07, 6.45) is 0. The van der Waals surface area contributed by atoms with Gasteiger partial charge < -0.3 is 0 Å². The molecule has 0 saturated heterocycles. The van der Waals surface area contributed by atoms with Crippen LogP contribution in [-0.4, -0.2) is 24.9 Å². The van der Waals surface area contributed by atoms with E-state index in [1.807, 2.05) is 42.5 Å². The molecule has 0 N–H and O–H groups in total. The molecular formula is C109H75N5. The first kappa shape index (κ1) is 70.5. The van der Waals surface area contributed by atoms with Crippen molar-refractivity contribution >= 4 is 0 Å². The highest BCUT2D eigenvalue weighted by Gasteiger charge is 2.20. The maximum Gasteiger partial charge on any atom is 0.0716 e. The molecule has 0 bridgehead atoms. The number of aromatic nitrogens is 5. The molecule has 0 radical (unpaired) electrons. The summed E-state index contributed by atoms with van der Waals surface area (Å²) in [7, 11) is 0. The molecule has 14 aromatic carbocycles. The Balaban J connectivity index is 0.000000159. The van der Waals surface area contributed by atoms with Crippen LogP contribution >= 0.6 is 0 Å². The van der Waals surface area contributed by atoms with Gasteiger partial charge in [-0.2, -0.15) is 0 Å². The number of benzene rings is 14. The van der Waals surface area contributed by atoms with Crippen LogP contribution in [0.1, 0.15) is 0 Å². The van der Waals surface area contributed by atoms with Crippen LogP contribution < -0.4 is 0 Å². The van der Waals surface area contributed by atoms with Gasteiger partial charge in [-0.3, -0.25) is 0 Å². The van der Waals surface area contributed by atoms with Gasteiger partial charge in [0.25, 0.3) is 0 Å². The number of pyridine rings is 5. The zero-order valence-corrected chi connectivity index (χ0v) is 62.5.